The summed E-state index contributed by atoms with van der Waals surface area (Å²) in [4.78, 5) is 11.1. The number of hydrogen-bond acceptors (Lipinski definition) is 2. The lowest BCUT2D eigenvalue weighted by atomic mass is 10.3. The zero-order valence-corrected chi connectivity index (χ0v) is 11.3. The van der Waals surface area contributed by atoms with Gasteiger partial charge in [-0.05, 0) is 12.1 Å². The Morgan fingerprint density at radius 3 is 2.71 bits per heavy atom. The molecule has 17 heavy (non-hydrogen) atoms. The van der Waals surface area contributed by atoms with Crippen molar-refractivity contribution in [3.05, 3.63) is 28.2 Å². The number of ether oxygens (including phenoxy) is 1. The number of hydrogen-bond donors (Lipinski definition) is 1. The maximum atomic E-state index is 11.1. The monoisotopic (exact) mass is 295 g/mol. The predicted molar refractivity (Wildman–Crippen MR) is 70.3 cm³/mol. The molecule has 0 heterocycles. The molecule has 0 bridgehead atoms. The lowest BCUT2D eigenvalue weighted by molar-refractivity contribution is -0.120. The summed E-state index contributed by atoms with van der Waals surface area (Å²) in [7, 11) is 0. The van der Waals surface area contributed by atoms with Gasteiger partial charge in [0.1, 0.15) is 12.4 Å². The van der Waals surface area contributed by atoms with Crippen molar-refractivity contribution in [2.45, 2.75) is 6.42 Å². The Morgan fingerprint density at radius 2 is 2.06 bits per heavy atom. The van der Waals surface area contributed by atoms with Crippen molar-refractivity contribution in [2.75, 3.05) is 19.0 Å². The van der Waals surface area contributed by atoms with Crippen LogP contribution in [0.25, 0.3) is 0 Å². The summed E-state index contributed by atoms with van der Waals surface area (Å²) in [5.41, 5.74) is 0. The number of alkyl halides is 1. The number of rotatable bonds is 6. The fourth-order valence-corrected chi connectivity index (χ4v) is 1.56. The molecule has 0 aliphatic rings. The molecule has 3 nitrogen and oxygen atoms in total. The molecule has 0 fully saturated rings. The van der Waals surface area contributed by atoms with Gasteiger partial charge in [-0.15, -0.1) is 11.6 Å². The van der Waals surface area contributed by atoms with Gasteiger partial charge in [0.05, 0.1) is 16.6 Å². The first kappa shape index (κ1) is 14.4. The Morgan fingerprint density at radius 1 is 1.29 bits per heavy atom. The standard InChI is InChI=1S/C11H12Cl3NO2/c12-4-3-11(16)15-5-6-17-8-1-2-9(13)10(14)7-8/h1-2,7H,3-6H2,(H,15,16). The fraction of sp³-hybridized carbons (Fsp3) is 0.364. The Bertz CT molecular complexity index is 385. The zero-order chi connectivity index (χ0) is 12.7. The highest BCUT2D eigenvalue weighted by atomic mass is 35.5. The Hall–Kier alpha value is -0.640. The minimum absolute atomic E-state index is 0.0854. The highest BCUT2D eigenvalue weighted by Crippen LogP contribution is 2.26. The van der Waals surface area contributed by atoms with Crippen LogP contribution in [-0.2, 0) is 4.79 Å². The van der Waals surface area contributed by atoms with Gasteiger partial charge in [0.15, 0.2) is 0 Å². The second kappa shape index (κ2) is 7.64. The molecule has 0 atom stereocenters. The second-order valence-corrected chi connectivity index (χ2v) is 4.41. The van der Waals surface area contributed by atoms with E-state index >= 15 is 0 Å². The van der Waals surface area contributed by atoms with Crippen LogP contribution in [-0.4, -0.2) is 24.9 Å². The number of benzene rings is 1. The van der Waals surface area contributed by atoms with Gasteiger partial charge in [0, 0.05) is 18.4 Å². The van der Waals surface area contributed by atoms with Crippen molar-refractivity contribution in [1.29, 1.82) is 0 Å². The first-order chi connectivity index (χ1) is 8.13. The van der Waals surface area contributed by atoms with Gasteiger partial charge in [-0.25, -0.2) is 0 Å². The molecule has 1 N–H and O–H groups in total. The molecule has 0 aromatic heterocycles. The van der Waals surface area contributed by atoms with Crippen LogP contribution in [0.1, 0.15) is 6.42 Å². The van der Waals surface area contributed by atoms with E-state index < -0.39 is 0 Å². The summed E-state index contributed by atoms with van der Waals surface area (Å²) < 4.78 is 5.38. The van der Waals surface area contributed by atoms with Gasteiger partial charge in [-0.3, -0.25) is 4.79 Å². The van der Waals surface area contributed by atoms with E-state index in [0.717, 1.165) is 0 Å². The van der Waals surface area contributed by atoms with E-state index in [1.54, 1.807) is 18.2 Å². The van der Waals surface area contributed by atoms with E-state index in [-0.39, 0.29) is 5.91 Å². The topological polar surface area (TPSA) is 38.3 Å². The van der Waals surface area contributed by atoms with Crippen LogP contribution >= 0.6 is 34.8 Å². The molecule has 1 amide bonds. The fourth-order valence-electron chi connectivity index (χ4n) is 1.10. The van der Waals surface area contributed by atoms with Crippen LogP contribution < -0.4 is 10.1 Å². The van der Waals surface area contributed by atoms with Crippen molar-refractivity contribution >= 4 is 40.7 Å². The minimum atomic E-state index is -0.0854. The summed E-state index contributed by atoms with van der Waals surface area (Å²) in [5, 5.41) is 3.59. The third-order valence-corrected chi connectivity index (χ3v) is 2.83. The molecule has 1 aromatic rings. The first-order valence-corrected chi connectivity index (χ1v) is 6.33. The van der Waals surface area contributed by atoms with Gasteiger partial charge >= 0.3 is 0 Å². The third-order valence-electron chi connectivity index (χ3n) is 1.91. The SMILES string of the molecule is O=C(CCCl)NCCOc1ccc(Cl)c(Cl)c1. The van der Waals surface area contributed by atoms with Crippen LogP contribution in [0.3, 0.4) is 0 Å². The van der Waals surface area contributed by atoms with E-state index in [1.807, 2.05) is 0 Å². The van der Waals surface area contributed by atoms with Crippen molar-refractivity contribution < 1.29 is 9.53 Å². The van der Waals surface area contributed by atoms with Crippen LogP contribution in [0.4, 0.5) is 0 Å². The van der Waals surface area contributed by atoms with Crippen LogP contribution in [0.15, 0.2) is 18.2 Å². The summed E-state index contributed by atoms with van der Waals surface area (Å²) in [5.74, 6) is 0.850. The number of carbonyl (C=O) groups is 1. The smallest absolute Gasteiger partial charge is 0.221 e. The Labute approximate surface area is 115 Å². The molecule has 0 spiro atoms. The van der Waals surface area contributed by atoms with Crippen LogP contribution in [0.5, 0.6) is 5.75 Å². The van der Waals surface area contributed by atoms with Gasteiger partial charge in [-0.1, -0.05) is 23.2 Å². The minimum Gasteiger partial charge on any atom is -0.492 e. The highest BCUT2D eigenvalue weighted by molar-refractivity contribution is 6.42. The lowest BCUT2D eigenvalue weighted by Crippen LogP contribution is -2.28. The second-order valence-electron chi connectivity index (χ2n) is 3.21. The zero-order valence-electron chi connectivity index (χ0n) is 9.01. The summed E-state index contributed by atoms with van der Waals surface area (Å²) in [6.07, 6.45) is 0.314. The molecule has 0 aliphatic carbocycles. The van der Waals surface area contributed by atoms with Crippen molar-refractivity contribution in [3.8, 4) is 5.75 Å². The Kier molecular flexibility index (Phi) is 6.48. The third kappa shape index (κ3) is 5.48. The quantitative estimate of drug-likeness (QED) is 0.647. The molecule has 0 unspecified atom stereocenters. The number of carbonyl (C=O) groups excluding carboxylic acids is 1. The number of amides is 1. The molecule has 0 saturated carbocycles. The molecular formula is C11H12Cl3NO2. The maximum Gasteiger partial charge on any atom is 0.221 e. The van der Waals surface area contributed by atoms with Gasteiger partial charge in [0.2, 0.25) is 5.91 Å². The molecule has 0 aliphatic heterocycles. The maximum absolute atomic E-state index is 11.1. The molecule has 0 radical (unpaired) electrons. The summed E-state index contributed by atoms with van der Waals surface area (Å²) >= 11 is 17.0. The van der Waals surface area contributed by atoms with Crippen molar-refractivity contribution in [1.82, 2.24) is 5.32 Å². The first-order valence-electron chi connectivity index (χ1n) is 5.04. The summed E-state index contributed by atoms with van der Waals surface area (Å²) in [6.45, 7) is 0.794. The summed E-state index contributed by atoms with van der Waals surface area (Å²) in [6, 6.07) is 5.00. The molecule has 6 heteroatoms. The van der Waals surface area contributed by atoms with E-state index in [0.29, 0.717) is 41.2 Å². The normalized spacial score (nSPS) is 10.1. The molecule has 94 valence electrons. The van der Waals surface area contributed by atoms with E-state index in [4.69, 9.17) is 39.5 Å². The highest BCUT2D eigenvalue weighted by Gasteiger charge is 2.01. The van der Waals surface area contributed by atoms with Crippen LogP contribution in [0, 0.1) is 0 Å². The number of halogens is 3. The molecule has 0 saturated heterocycles. The molecular weight excluding hydrogens is 284 g/mol. The van der Waals surface area contributed by atoms with Gasteiger partial charge in [-0.2, -0.15) is 0 Å². The van der Waals surface area contributed by atoms with E-state index in [2.05, 4.69) is 5.32 Å². The van der Waals surface area contributed by atoms with Crippen molar-refractivity contribution in [2.24, 2.45) is 0 Å². The van der Waals surface area contributed by atoms with E-state index in [1.165, 1.54) is 0 Å². The average molecular weight is 297 g/mol. The van der Waals surface area contributed by atoms with E-state index in [9.17, 15) is 4.79 Å². The largest absolute Gasteiger partial charge is 0.492 e. The lowest BCUT2D eigenvalue weighted by Gasteiger charge is -2.08. The van der Waals surface area contributed by atoms with Crippen LogP contribution in [0.2, 0.25) is 10.0 Å². The molecule has 1 rings (SSSR count). The molecule has 1 aromatic carbocycles. The van der Waals surface area contributed by atoms with Gasteiger partial charge < -0.3 is 10.1 Å². The average Bonchev–Trinajstić information content (AvgIpc) is 2.29. The Balaban J connectivity index is 2.26. The predicted octanol–water partition coefficient (Wildman–Crippen LogP) is 3.12. The van der Waals surface area contributed by atoms with Crippen molar-refractivity contribution in [3.63, 3.8) is 0 Å². The van der Waals surface area contributed by atoms with Gasteiger partial charge in [0.25, 0.3) is 0 Å². The number of nitrogens with one attached hydrogen (secondary N) is 1.